The third-order valence-electron chi connectivity index (χ3n) is 10.8. The van der Waals surface area contributed by atoms with Gasteiger partial charge in [0.05, 0.1) is 54.2 Å². The van der Waals surface area contributed by atoms with Gasteiger partial charge in [-0.15, -0.1) is 11.8 Å². The van der Waals surface area contributed by atoms with Gasteiger partial charge in [-0.25, -0.2) is 4.79 Å². The van der Waals surface area contributed by atoms with Crippen molar-refractivity contribution in [1.82, 2.24) is 24.1 Å². The quantitative estimate of drug-likeness (QED) is 0.0545. The van der Waals surface area contributed by atoms with Crippen molar-refractivity contribution in [3.8, 4) is 16.9 Å². The number of aromatic hydroxyl groups is 1. The minimum atomic E-state index is -3.62. The van der Waals surface area contributed by atoms with Crippen LogP contribution in [0.2, 0.25) is 5.02 Å². The molecular weight excluding hydrogens is 814 g/mol. The zero-order valence-electron chi connectivity index (χ0n) is 34.0. The van der Waals surface area contributed by atoms with Crippen molar-refractivity contribution < 1.29 is 36.7 Å². The first-order valence-corrected chi connectivity index (χ1v) is 23.0. The van der Waals surface area contributed by atoms with E-state index in [0.29, 0.717) is 58.5 Å². The van der Waals surface area contributed by atoms with E-state index >= 15 is 0 Å². The molecule has 59 heavy (non-hydrogen) atoms. The van der Waals surface area contributed by atoms with Gasteiger partial charge in [0, 0.05) is 66.8 Å². The molecule has 314 valence electrons. The molecule has 1 aliphatic heterocycles. The van der Waals surface area contributed by atoms with Crippen molar-refractivity contribution in [2.45, 2.75) is 69.3 Å². The molecule has 1 saturated heterocycles. The number of methoxy groups -OCH3 is 1. The Kier molecular flexibility index (Phi) is 13.4. The largest absolute Gasteiger partial charge is 0.507 e. The predicted molar refractivity (Wildman–Crippen MR) is 230 cm³/mol. The number of halogens is 1. The highest BCUT2D eigenvalue weighted by molar-refractivity contribution is 7.97. The lowest BCUT2D eigenvalue weighted by atomic mass is 9.98. The molecule has 7 rings (SSSR count). The fraction of sp³-hybridized carbons (Fsp3) is 0.419. The number of hydrogen-bond donors (Lipinski definition) is 1. The van der Waals surface area contributed by atoms with E-state index in [1.54, 1.807) is 11.8 Å². The number of phenolic OH excluding ortho intramolecular Hbond substituents is 1. The summed E-state index contributed by atoms with van der Waals surface area (Å²) in [6.45, 7) is 0.804. The number of thioether (sulfide) groups is 1. The van der Waals surface area contributed by atoms with Crippen LogP contribution in [-0.2, 0) is 87.0 Å². The van der Waals surface area contributed by atoms with Gasteiger partial charge in [-0.05, 0) is 79.7 Å². The Morgan fingerprint density at radius 1 is 0.983 bits per heavy atom. The van der Waals surface area contributed by atoms with Crippen LogP contribution in [0.25, 0.3) is 32.8 Å². The summed E-state index contributed by atoms with van der Waals surface area (Å²) in [5.74, 6) is 0.982. The van der Waals surface area contributed by atoms with Crippen LogP contribution in [0.5, 0.6) is 5.75 Å². The van der Waals surface area contributed by atoms with E-state index in [0.717, 1.165) is 88.2 Å². The van der Waals surface area contributed by atoms with Crippen LogP contribution in [0.15, 0.2) is 54.6 Å². The highest BCUT2D eigenvalue weighted by Gasteiger charge is 2.29. The second kappa shape index (κ2) is 18.5. The maximum Gasteiger partial charge on any atom is 0.354 e. The number of ether oxygens (including phenoxy) is 3. The van der Waals surface area contributed by atoms with Crippen LogP contribution in [0.4, 0.5) is 0 Å². The van der Waals surface area contributed by atoms with Crippen LogP contribution in [0, 0.1) is 0 Å². The molecule has 1 atom stereocenters. The average molecular weight is 864 g/mol. The summed E-state index contributed by atoms with van der Waals surface area (Å²) in [7, 11) is 3.40. The Bertz CT molecular complexity index is 2590. The standard InChI is InChI=1S/C43H50ClN5O8S2/c1-47-41-33(32(42(47)43(51)54-4)13-10-20-57-59(5,52)53)17-18-34(44)39(41)40-35(24-56-38-14-8-9-19-55-38)46-49(3)36(40)26-58-25-29-23-30(48(2)45-29)16-15-27-21-28-11-6-7-12-31(28)37(50)22-27/h6-7,11-12,17-18,21-23,38,50H,8-10,13-16,19-20,24-26H2,1-5H3. The van der Waals surface area contributed by atoms with Gasteiger partial charge in [-0.2, -0.15) is 18.6 Å². The van der Waals surface area contributed by atoms with Crippen molar-refractivity contribution in [3.63, 3.8) is 0 Å². The van der Waals surface area contributed by atoms with Gasteiger partial charge in [0.2, 0.25) is 0 Å². The second-order valence-corrected chi connectivity index (χ2v) is 17.9. The number of fused-ring (bicyclic) bond motifs is 2. The number of aryl methyl sites for hydroxylation is 6. The summed E-state index contributed by atoms with van der Waals surface area (Å²) in [6, 6.07) is 17.7. The summed E-state index contributed by atoms with van der Waals surface area (Å²) in [6.07, 6.45) is 5.74. The summed E-state index contributed by atoms with van der Waals surface area (Å²) in [5.41, 5.74) is 8.03. The third-order valence-corrected chi connectivity index (χ3v) is 12.7. The molecule has 16 heteroatoms. The van der Waals surface area contributed by atoms with Gasteiger partial charge >= 0.3 is 5.97 Å². The monoisotopic (exact) mass is 863 g/mol. The highest BCUT2D eigenvalue weighted by Crippen LogP contribution is 2.43. The Morgan fingerprint density at radius 2 is 1.80 bits per heavy atom. The first-order valence-electron chi connectivity index (χ1n) is 19.6. The Hall–Kier alpha value is -4.38. The summed E-state index contributed by atoms with van der Waals surface area (Å²) < 4.78 is 51.4. The van der Waals surface area contributed by atoms with E-state index in [1.807, 2.05) is 77.5 Å². The fourth-order valence-electron chi connectivity index (χ4n) is 7.99. The number of benzene rings is 3. The van der Waals surface area contributed by atoms with E-state index in [-0.39, 0.29) is 25.3 Å². The van der Waals surface area contributed by atoms with Gasteiger partial charge in [0.1, 0.15) is 11.4 Å². The lowest BCUT2D eigenvalue weighted by Crippen LogP contribution is -2.22. The van der Waals surface area contributed by atoms with Gasteiger partial charge in [0.25, 0.3) is 10.1 Å². The SMILES string of the molecule is COC(=O)c1c(CCCOS(C)(=O)=O)c2ccc(Cl)c(-c3c(COC4CCCCO4)nn(C)c3CSCc3cc(CCc4cc(O)c5ccccc5c4)n(C)n3)c2n1C. The van der Waals surface area contributed by atoms with Crippen LogP contribution in [-0.4, -0.2) is 76.5 Å². The molecule has 6 aromatic rings. The summed E-state index contributed by atoms with van der Waals surface area (Å²) >= 11 is 8.88. The number of aromatic nitrogens is 5. The molecule has 4 heterocycles. The fourth-order valence-corrected chi connectivity index (χ4v) is 9.64. The summed E-state index contributed by atoms with van der Waals surface area (Å²) in [4.78, 5) is 13.4. The molecule has 3 aromatic heterocycles. The Labute approximate surface area is 353 Å². The normalized spacial score (nSPS) is 14.8. The van der Waals surface area contributed by atoms with Crippen LogP contribution < -0.4 is 0 Å². The number of carbonyl (C=O) groups is 1. The van der Waals surface area contributed by atoms with Crippen LogP contribution in [0.3, 0.4) is 0 Å². The molecule has 0 spiro atoms. The third kappa shape index (κ3) is 9.66. The highest BCUT2D eigenvalue weighted by atomic mass is 35.5. The van der Waals surface area contributed by atoms with E-state index in [9.17, 15) is 18.3 Å². The smallest absolute Gasteiger partial charge is 0.354 e. The van der Waals surface area contributed by atoms with Crippen molar-refractivity contribution in [2.24, 2.45) is 21.1 Å². The zero-order valence-corrected chi connectivity index (χ0v) is 36.4. The number of phenols is 1. The van der Waals surface area contributed by atoms with Crippen molar-refractivity contribution in [2.75, 3.05) is 26.6 Å². The molecule has 0 bridgehead atoms. The van der Waals surface area contributed by atoms with E-state index < -0.39 is 16.1 Å². The molecule has 13 nitrogen and oxygen atoms in total. The topological polar surface area (TPSA) is 149 Å². The molecule has 0 amide bonds. The lowest BCUT2D eigenvalue weighted by molar-refractivity contribution is -0.169. The van der Waals surface area contributed by atoms with Crippen molar-refractivity contribution >= 4 is 61.1 Å². The first-order chi connectivity index (χ1) is 28.3. The zero-order chi connectivity index (χ0) is 41.8. The van der Waals surface area contributed by atoms with Gasteiger partial charge in [-0.3, -0.25) is 13.5 Å². The molecule has 1 fully saturated rings. The predicted octanol–water partition coefficient (Wildman–Crippen LogP) is 7.78. The molecule has 0 aliphatic carbocycles. The van der Waals surface area contributed by atoms with E-state index in [2.05, 4.69) is 12.1 Å². The van der Waals surface area contributed by atoms with Crippen LogP contribution >= 0.6 is 23.4 Å². The molecule has 3 aromatic carbocycles. The number of carbonyl (C=O) groups excluding carboxylic acids is 1. The molecule has 0 radical (unpaired) electrons. The lowest BCUT2D eigenvalue weighted by Gasteiger charge is -2.22. The second-order valence-electron chi connectivity index (χ2n) is 14.9. The first kappa shape index (κ1) is 42.7. The number of esters is 1. The Balaban J connectivity index is 1.18. The minimum absolute atomic E-state index is 0.0300. The van der Waals surface area contributed by atoms with Crippen molar-refractivity contribution in [1.29, 1.82) is 0 Å². The molecule has 1 unspecified atom stereocenters. The number of nitrogens with zero attached hydrogens (tertiary/aromatic N) is 5. The Morgan fingerprint density at radius 3 is 2.56 bits per heavy atom. The number of rotatable bonds is 17. The molecule has 0 saturated carbocycles. The molecule has 1 aliphatic rings. The van der Waals surface area contributed by atoms with Gasteiger partial charge in [0.15, 0.2) is 6.29 Å². The maximum atomic E-state index is 13.4. The van der Waals surface area contributed by atoms with Gasteiger partial charge < -0.3 is 23.9 Å². The molecule has 1 N–H and O–H groups in total. The van der Waals surface area contributed by atoms with Crippen LogP contribution in [0.1, 0.15) is 70.1 Å². The minimum Gasteiger partial charge on any atom is -0.507 e. The molecular formula is C43H50ClN5O8S2. The van der Waals surface area contributed by atoms with E-state index in [4.69, 9.17) is 40.2 Å². The van der Waals surface area contributed by atoms with Crippen molar-refractivity contribution in [3.05, 3.63) is 99.2 Å². The summed E-state index contributed by atoms with van der Waals surface area (Å²) in [5, 5.41) is 23.6. The average Bonchev–Trinajstić information content (AvgIpc) is 3.83. The number of hydrogen-bond acceptors (Lipinski definition) is 11. The maximum absolute atomic E-state index is 13.4. The van der Waals surface area contributed by atoms with E-state index in [1.165, 1.54) is 7.11 Å². The van der Waals surface area contributed by atoms with Gasteiger partial charge in [-0.1, -0.05) is 48.0 Å².